The molecule has 0 saturated heterocycles. The number of aromatic nitrogens is 2. The van der Waals surface area contributed by atoms with Gasteiger partial charge in [0, 0.05) is 20.3 Å². The van der Waals surface area contributed by atoms with Crippen molar-refractivity contribution in [2.75, 3.05) is 31.3 Å². The van der Waals surface area contributed by atoms with Crippen LogP contribution in [0, 0.1) is 13.8 Å². The van der Waals surface area contributed by atoms with Crippen molar-refractivity contribution in [3.8, 4) is 11.6 Å². The van der Waals surface area contributed by atoms with Crippen molar-refractivity contribution in [2.24, 2.45) is 0 Å². The van der Waals surface area contributed by atoms with E-state index in [-0.39, 0.29) is 0 Å². The molecule has 1 aromatic carbocycles. The van der Waals surface area contributed by atoms with Gasteiger partial charge in [-0.15, -0.1) is 0 Å². The maximum atomic E-state index is 6.08. The van der Waals surface area contributed by atoms with Gasteiger partial charge in [0.05, 0.1) is 0 Å². The first-order valence-electron chi connectivity index (χ1n) is 7.19. The van der Waals surface area contributed by atoms with Crippen LogP contribution >= 0.6 is 0 Å². The molecule has 0 atom stereocenters. The van der Waals surface area contributed by atoms with E-state index >= 15 is 0 Å². The quantitative estimate of drug-likeness (QED) is 0.765. The van der Waals surface area contributed by atoms with Crippen molar-refractivity contribution in [1.82, 2.24) is 9.97 Å². The van der Waals surface area contributed by atoms with Crippen LogP contribution in [0.4, 0.5) is 11.5 Å². The van der Waals surface area contributed by atoms with Crippen LogP contribution in [-0.4, -0.2) is 30.2 Å². The van der Waals surface area contributed by atoms with Crippen LogP contribution in [0.2, 0.25) is 0 Å². The predicted molar refractivity (Wildman–Crippen MR) is 87.4 cm³/mol. The minimum absolute atomic E-state index is 0.356. The van der Waals surface area contributed by atoms with Gasteiger partial charge in [-0.3, -0.25) is 0 Å². The smallest absolute Gasteiger partial charge is 0.248 e. The minimum Gasteiger partial charge on any atom is -0.437 e. The molecule has 1 aromatic heterocycles. The van der Waals surface area contributed by atoms with Gasteiger partial charge in [0.1, 0.15) is 17.8 Å². The molecule has 2 rings (SSSR count). The number of nitrogen functional groups attached to an aromatic ring is 1. The standard InChI is InChI=1S/C16H22N4O2/c1-11-7-12(2)9-13(8-11)22-16-14(17)15(19-10-20-16)18-5-4-6-21-3/h7-10H,4-6,17H2,1-3H3,(H,18,19,20). The lowest BCUT2D eigenvalue weighted by atomic mass is 10.1. The fourth-order valence-corrected chi connectivity index (χ4v) is 2.13. The summed E-state index contributed by atoms with van der Waals surface area (Å²) in [6.07, 6.45) is 2.31. The summed E-state index contributed by atoms with van der Waals surface area (Å²) in [5, 5.41) is 3.16. The SMILES string of the molecule is COCCCNc1ncnc(Oc2cc(C)cc(C)c2)c1N. The maximum Gasteiger partial charge on any atom is 0.248 e. The fourth-order valence-electron chi connectivity index (χ4n) is 2.13. The Hall–Kier alpha value is -2.34. The second-order valence-corrected chi connectivity index (χ2v) is 5.14. The van der Waals surface area contributed by atoms with Gasteiger partial charge in [0.25, 0.3) is 0 Å². The van der Waals surface area contributed by atoms with Gasteiger partial charge in [0.2, 0.25) is 5.88 Å². The van der Waals surface area contributed by atoms with E-state index in [0.29, 0.717) is 29.7 Å². The molecule has 0 aliphatic carbocycles. The number of hydrogen-bond donors (Lipinski definition) is 2. The van der Waals surface area contributed by atoms with Crippen molar-refractivity contribution < 1.29 is 9.47 Å². The first kappa shape index (κ1) is 16.0. The molecule has 0 aliphatic heterocycles. The Bertz CT molecular complexity index is 611. The predicted octanol–water partition coefficient (Wildman–Crippen LogP) is 2.92. The number of nitrogens with zero attached hydrogens (tertiary/aromatic N) is 2. The summed E-state index contributed by atoms with van der Waals surface area (Å²) in [6.45, 7) is 5.44. The number of aryl methyl sites for hydroxylation is 2. The van der Waals surface area contributed by atoms with Crippen LogP contribution in [0.3, 0.4) is 0 Å². The molecule has 6 nitrogen and oxygen atoms in total. The Kier molecular flexibility index (Phi) is 5.55. The van der Waals surface area contributed by atoms with E-state index in [0.717, 1.165) is 24.1 Å². The molecule has 1 heterocycles. The molecule has 0 saturated carbocycles. The summed E-state index contributed by atoms with van der Waals surface area (Å²) >= 11 is 0. The van der Waals surface area contributed by atoms with E-state index in [1.165, 1.54) is 6.33 Å². The zero-order valence-corrected chi connectivity index (χ0v) is 13.2. The molecule has 0 aliphatic rings. The van der Waals surface area contributed by atoms with Crippen molar-refractivity contribution >= 4 is 11.5 Å². The van der Waals surface area contributed by atoms with Gasteiger partial charge >= 0.3 is 0 Å². The molecule has 0 spiro atoms. The van der Waals surface area contributed by atoms with Gasteiger partial charge in [-0.05, 0) is 43.5 Å². The van der Waals surface area contributed by atoms with Gasteiger partial charge in [-0.25, -0.2) is 4.98 Å². The third kappa shape index (κ3) is 4.33. The van der Waals surface area contributed by atoms with Gasteiger partial charge in [-0.1, -0.05) is 6.07 Å². The monoisotopic (exact) mass is 302 g/mol. The molecule has 22 heavy (non-hydrogen) atoms. The topological polar surface area (TPSA) is 82.3 Å². The molecule has 3 N–H and O–H groups in total. The second kappa shape index (κ2) is 7.61. The van der Waals surface area contributed by atoms with Crippen molar-refractivity contribution in [3.05, 3.63) is 35.7 Å². The first-order chi connectivity index (χ1) is 10.6. The zero-order valence-electron chi connectivity index (χ0n) is 13.2. The molecule has 2 aromatic rings. The minimum atomic E-state index is 0.356. The van der Waals surface area contributed by atoms with Crippen LogP contribution < -0.4 is 15.8 Å². The van der Waals surface area contributed by atoms with Crippen molar-refractivity contribution in [1.29, 1.82) is 0 Å². The Morgan fingerprint density at radius 1 is 1.14 bits per heavy atom. The molecule has 0 amide bonds. The molecular weight excluding hydrogens is 280 g/mol. The Balaban J connectivity index is 2.11. The van der Waals surface area contributed by atoms with E-state index < -0.39 is 0 Å². The van der Waals surface area contributed by atoms with Crippen molar-refractivity contribution in [3.63, 3.8) is 0 Å². The lowest BCUT2D eigenvalue weighted by molar-refractivity contribution is 0.198. The van der Waals surface area contributed by atoms with Gasteiger partial charge in [0.15, 0.2) is 5.82 Å². The highest BCUT2D eigenvalue weighted by atomic mass is 16.5. The van der Waals surface area contributed by atoms with Crippen LogP contribution in [0.1, 0.15) is 17.5 Å². The van der Waals surface area contributed by atoms with E-state index in [1.54, 1.807) is 7.11 Å². The highest BCUT2D eigenvalue weighted by Gasteiger charge is 2.10. The van der Waals surface area contributed by atoms with Crippen LogP contribution in [0.5, 0.6) is 11.6 Å². The summed E-state index contributed by atoms with van der Waals surface area (Å²) < 4.78 is 10.8. The zero-order chi connectivity index (χ0) is 15.9. The van der Waals surface area contributed by atoms with E-state index in [9.17, 15) is 0 Å². The van der Waals surface area contributed by atoms with Gasteiger partial charge < -0.3 is 20.5 Å². The summed E-state index contributed by atoms with van der Waals surface area (Å²) in [6, 6.07) is 5.97. The number of benzene rings is 1. The highest BCUT2D eigenvalue weighted by molar-refractivity contribution is 5.66. The molecule has 0 radical (unpaired) electrons. The number of nitrogens with one attached hydrogen (secondary N) is 1. The number of nitrogens with two attached hydrogens (primary N) is 1. The highest BCUT2D eigenvalue weighted by Crippen LogP contribution is 2.30. The van der Waals surface area contributed by atoms with E-state index in [4.69, 9.17) is 15.2 Å². The Morgan fingerprint density at radius 3 is 2.55 bits per heavy atom. The van der Waals surface area contributed by atoms with Crippen LogP contribution in [0.15, 0.2) is 24.5 Å². The molecule has 0 unspecified atom stereocenters. The summed E-state index contributed by atoms with van der Waals surface area (Å²) in [5.41, 5.74) is 8.73. The summed E-state index contributed by atoms with van der Waals surface area (Å²) in [5.74, 6) is 1.65. The molecule has 118 valence electrons. The lowest BCUT2D eigenvalue weighted by Crippen LogP contribution is -2.09. The number of methoxy groups -OCH3 is 1. The number of rotatable bonds is 7. The summed E-state index contributed by atoms with van der Waals surface area (Å²) in [4.78, 5) is 8.26. The van der Waals surface area contributed by atoms with E-state index in [1.807, 2.05) is 26.0 Å². The Labute approximate surface area is 130 Å². The van der Waals surface area contributed by atoms with Gasteiger partial charge in [-0.2, -0.15) is 4.98 Å². The second-order valence-electron chi connectivity index (χ2n) is 5.14. The third-order valence-corrected chi connectivity index (χ3v) is 3.07. The molecule has 0 bridgehead atoms. The van der Waals surface area contributed by atoms with Crippen LogP contribution in [0.25, 0.3) is 0 Å². The Morgan fingerprint density at radius 2 is 1.86 bits per heavy atom. The molecule has 6 heteroatoms. The lowest BCUT2D eigenvalue weighted by Gasteiger charge is -2.12. The normalized spacial score (nSPS) is 10.5. The maximum absolute atomic E-state index is 6.08. The molecule has 0 fully saturated rings. The number of hydrogen-bond acceptors (Lipinski definition) is 6. The number of anilines is 2. The fraction of sp³-hybridized carbons (Fsp3) is 0.375. The van der Waals surface area contributed by atoms with E-state index in [2.05, 4.69) is 21.4 Å². The van der Waals surface area contributed by atoms with Crippen molar-refractivity contribution in [2.45, 2.75) is 20.3 Å². The average Bonchev–Trinajstić information content (AvgIpc) is 2.46. The number of ether oxygens (including phenoxy) is 2. The summed E-state index contributed by atoms with van der Waals surface area (Å²) in [7, 11) is 1.68. The first-order valence-corrected chi connectivity index (χ1v) is 7.19. The molecular formula is C16H22N4O2. The average molecular weight is 302 g/mol. The third-order valence-electron chi connectivity index (χ3n) is 3.07. The largest absolute Gasteiger partial charge is 0.437 e. The van der Waals surface area contributed by atoms with Crippen LogP contribution in [-0.2, 0) is 4.74 Å².